The van der Waals surface area contributed by atoms with Crippen LogP contribution in [0, 0.1) is 11.6 Å². The molecule has 0 unspecified atom stereocenters. The Kier molecular flexibility index (Phi) is 5.27. The van der Waals surface area contributed by atoms with E-state index < -0.39 is 29.7 Å². The number of hydrogen-bond donors (Lipinski definition) is 1. The lowest BCUT2D eigenvalue weighted by Gasteiger charge is -2.38. The minimum Gasteiger partial charge on any atom is -0.356 e. The first-order chi connectivity index (χ1) is 12.5. The minimum atomic E-state index is -0.993. The van der Waals surface area contributed by atoms with Crippen molar-refractivity contribution in [2.24, 2.45) is 0 Å². The predicted octanol–water partition coefficient (Wildman–Crippen LogP) is 2.18. The smallest absolute Gasteiger partial charge is 0.251 e. The van der Waals surface area contributed by atoms with Gasteiger partial charge in [0.05, 0.1) is 6.04 Å². The Balaban J connectivity index is 1.79. The zero-order valence-electron chi connectivity index (χ0n) is 14.1. The van der Waals surface area contributed by atoms with Crippen molar-refractivity contribution in [2.45, 2.75) is 18.7 Å². The zero-order chi connectivity index (χ0) is 18.7. The van der Waals surface area contributed by atoms with Gasteiger partial charge >= 0.3 is 0 Å². The maximum Gasteiger partial charge on any atom is 0.251 e. The van der Waals surface area contributed by atoms with Crippen LogP contribution in [0.15, 0.2) is 48.5 Å². The van der Waals surface area contributed by atoms with Gasteiger partial charge in [-0.15, -0.1) is 0 Å². The van der Waals surface area contributed by atoms with E-state index in [4.69, 9.17) is 4.74 Å². The normalized spacial score (nSPS) is 20.1. The van der Waals surface area contributed by atoms with E-state index in [1.54, 1.807) is 25.2 Å². The Morgan fingerprint density at radius 1 is 1.19 bits per heavy atom. The highest BCUT2D eigenvalue weighted by Gasteiger charge is 2.40. The van der Waals surface area contributed by atoms with Gasteiger partial charge in [-0.3, -0.25) is 9.59 Å². The van der Waals surface area contributed by atoms with Crippen molar-refractivity contribution in [3.63, 3.8) is 0 Å². The van der Waals surface area contributed by atoms with E-state index in [9.17, 15) is 18.4 Å². The molecule has 1 heterocycles. The number of carbonyl (C=O) groups is 2. The molecule has 26 heavy (non-hydrogen) atoms. The van der Waals surface area contributed by atoms with E-state index in [0.29, 0.717) is 11.1 Å². The van der Waals surface area contributed by atoms with E-state index in [-0.39, 0.29) is 19.1 Å². The van der Waals surface area contributed by atoms with Gasteiger partial charge in [0.15, 0.2) is 6.10 Å². The highest BCUT2D eigenvalue weighted by molar-refractivity contribution is 5.86. The lowest BCUT2D eigenvalue weighted by molar-refractivity contribution is -0.162. The van der Waals surface area contributed by atoms with Crippen LogP contribution in [-0.2, 0) is 20.9 Å². The van der Waals surface area contributed by atoms with Gasteiger partial charge in [0.1, 0.15) is 18.2 Å². The van der Waals surface area contributed by atoms with Gasteiger partial charge in [-0.1, -0.05) is 24.3 Å². The molecule has 0 aliphatic carbocycles. The summed E-state index contributed by atoms with van der Waals surface area (Å²) in [4.78, 5) is 26.0. The summed E-state index contributed by atoms with van der Waals surface area (Å²) in [7, 11) is 1.55. The third-order valence-electron chi connectivity index (χ3n) is 4.29. The molecular formula is C19H18F2N2O3. The summed E-state index contributed by atoms with van der Waals surface area (Å²) < 4.78 is 32.3. The Morgan fingerprint density at radius 3 is 2.58 bits per heavy atom. The fourth-order valence-corrected chi connectivity index (χ4v) is 2.96. The van der Waals surface area contributed by atoms with Crippen LogP contribution in [0.2, 0.25) is 0 Å². The topological polar surface area (TPSA) is 58.6 Å². The fourth-order valence-electron chi connectivity index (χ4n) is 2.96. The van der Waals surface area contributed by atoms with Crippen LogP contribution in [0.25, 0.3) is 0 Å². The van der Waals surface area contributed by atoms with Crippen molar-refractivity contribution in [1.82, 2.24) is 10.2 Å². The number of nitrogens with zero attached hydrogens (tertiary/aromatic N) is 1. The SMILES string of the molecule is CN1C(=O)CO[C@@H](C(=O)NCc2cccc(F)c2)[C@@H]1c1cccc(F)c1. The number of ether oxygens (including phenoxy) is 1. The average molecular weight is 360 g/mol. The number of carbonyl (C=O) groups excluding carboxylic acids is 2. The first kappa shape index (κ1) is 18.0. The van der Waals surface area contributed by atoms with Gasteiger partial charge in [-0.25, -0.2) is 8.78 Å². The number of nitrogens with one attached hydrogen (secondary N) is 1. The number of morpholine rings is 1. The second-order valence-electron chi connectivity index (χ2n) is 6.08. The van der Waals surface area contributed by atoms with E-state index >= 15 is 0 Å². The standard InChI is InChI=1S/C19H18F2N2O3/c1-23-16(24)11-26-18(17(23)13-5-3-7-15(21)9-13)19(25)22-10-12-4-2-6-14(20)8-12/h2-9,17-18H,10-11H2,1H3,(H,22,25)/t17-,18+/m0/s1. The van der Waals surface area contributed by atoms with Crippen LogP contribution in [-0.4, -0.2) is 36.5 Å². The number of likely N-dealkylation sites (N-methyl/N-ethyl adjacent to an activating group) is 1. The third-order valence-corrected chi connectivity index (χ3v) is 4.29. The molecule has 2 amide bonds. The monoisotopic (exact) mass is 360 g/mol. The zero-order valence-corrected chi connectivity index (χ0v) is 14.1. The molecule has 0 aromatic heterocycles. The van der Waals surface area contributed by atoms with Gasteiger partial charge in [0, 0.05) is 13.6 Å². The summed E-state index contributed by atoms with van der Waals surface area (Å²) in [6, 6.07) is 10.8. The second kappa shape index (κ2) is 7.61. The molecular weight excluding hydrogens is 342 g/mol. The summed E-state index contributed by atoms with van der Waals surface area (Å²) in [5.74, 6) is -1.61. The molecule has 1 saturated heterocycles. The summed E-state index contributed by atoms with van der Waals surface area (Å²) in [6.45, 7) is -0.121. The molecule has 0 saturated carbocycles. The predicted molar refractivity (Wildman–Crippen MR) is 89.9 cm³/mol. The van der Waals surface area contributed by atoms with Crippen LogP contribution in [0.3, 0.4) is 0 Å². The van der Waals surface area contributed by atoms with Crippen LogP contribution < -0.4 is 5.32 Å². The van der Waals surface area contributed by atoms with Gasteiger partial charge < -0.3 is 15.0 Å². The van der Waals surface area contributed by atoms with Crippen molar-refractivity contribution in [3.8, 4) is 0 Å². The highest BCUT2D eigenvalue weighted by atomic mass is 19.1. The highest BCUT2D eigenvalue weighted by Crippen LogP contribution is 2.29. The van der Waals surface area contributed by atoms with E-state index in [0.717, 1.165) is 0 Å². The van der Waals surface area contributed by atoms with Crippen molar-refractivity contribution >= 4 is 11.8 Å². The second-order valence-corrected chi connectivity index (χ2v) is 6.08. The van der Waals surface area contributed by atoms with E-state index in [2.05, 4.69) is 5.32 Å². The molecule has 2 aromatic carbocycles. The Bertz CT molecular complexity index is 828. The van der Waals surface area contributed by atoms with Crippen molar-refractivity contribution in [1.29, 1.82) is 0 Å². The maximum atomic E-state index is 13.6. The molecule has 0 radical (unpaired) electrons. The van der Waals surface area contributed by atoms with Gasteiger partial charge in [-0.2, -0.15) is 0 Å². The molecule has 2 atom stereocenters. The number of hydrogen-bond acceptors (Lipinski definition) is 3. The van der Waals surface area contributed by atoms with Crippen LogP contribution in [0.1, 0.15) is 17.2 Å². The Morgan fingerprint density at radius 2 is 1.88 bits per heavy atom. The van der Waals surface area contributed by atoms with E-state index in [1.165, 1.54) is 35.2 Å². The van der Waals surface area contributed by atoms with Gasteiger partial charge in [0.2, 0.25) is 5.91 Å². The lowest BCUT2D eigenvalue weighted by atomic mass is 9.97. The molecule has 0 bridgehead atoms. The summed E-state index contributed by atoms with van der Waals surface area (Å²) in [6.07, 6.45) is -0.993. The summed E-state index contributed by atoms with van der Waals surface area (Å²) in [5.41, 5.74) is 1.06. The molecule has 7 heteroatoms. The minimum absolute atomic E-state index is 0.115. The maximum absolute atomic E-state index is 13.6. The lowest BCUT2D eigenvalue weighted by Crippen LogP contribution is -2.52. The molecule has 0 spiro atoms. The fraction of sp³-hybridized carbons (Fsp3) is 0.263. The average Bonchev–Trinajstić information content (AvgIpc) is 2.62. The number of amides is 2. The van der Waals surface area contributed by atoms with Gasteiger partial charge in [0.25, 0.3) is 5.91 Å². The largest absolute Gasteiger partial charge is 0.356 e. The van der Waals surface area contributed by atoms with Gasteiger partial charge in [-0.05, 0) is 35.4 Å². The van der Waals surface area contributed by atoms with Crippen LogP contribution in [0.5, 0.6) is 0 Å². The van der Waals surface area contributed by atoms with Crippen molar-refractivity contribution in [2.75, 3.05) is 13.7 Å². The third kappa shape index (κ3) is 3.88. The van der Waals surface area contributed by atoms with Crippen molar-refractivity contribution < 1.29 is 23.1 Å². The molecule has 5 nitrogen and oxygen atoms in total. The summed E-state index contributed by atoms with van der Waals surface area (Å²) >= 11 is 0. The first-order valence-electron chi connectivity index (χ1n) is 8.10. The number of rotatable bonds is 4. The quantitative estimate of drug-likeness (QED) is 0.909. The molecule has 1 aliphatic heterocycles. The Hall–Kier alpha value is -2.80. The Labute approximate surface area is 149 Å². The van der Waals surface area contributed by atoms with Crippen molar-refractivity contribution in [3.05, 3.63) is 71.3 Å². The van der Waals surface area contributed by atoms with Crippen LogP contribution >= 0.6 is 0 Å². The molecule has 1 N–H and O–H groups in total. The number of halogens is 2. The summed E-state index contributed by atoms with van der Waals surface area (Å²) in [5, 5.41) is 2.68. The molecule has 1 aliphatic rings. The first-order valence-corrected chi connectivity index (χ1v) is 8.10. The number of benzene rings is 2. The molecule has 3 rings (SSSR count). The van der Waals surface area contributed by atoms with Crippen LogP contribution in [0.4, 0.5) is 8.78 Å². The molecule has 136 valence electrons. The van der Waals surface area contributed by atoms with E-state index in [1.807, 2.05) is 0 Å². The molecule has 2 aromatic rings. The molecule has 1 fully saturated rings.